The maximum Gasteiger partial charge on any atom is 0.150 e. The van der Waals surface area contributed by atoms with Crippen LogP contribution < -0.4 is 0 Å². The summed E-state index contributed by atoms with van der Waals surface area (Å²) < 4.78 is 25.3. The van der Waals surface area contributed by atoms with E-state index in [1.54, 1.807) is 0 Å². The molecule has 20 heavy (non-hydrogen) atoms. The van der Waals surface area contributed by atoms with Gasteiger partial charge in [-0.3, -0.25) is 0 Å². The van der Waals surface area contributed by atoms with Gasteiger partial charge in [-0.15, -0.1) is 11.6 Å². The predicted molar refractivity (Wildman–Crippen MR) is 80.9 cm³/mol. The molecule has 108 valence electrons. The van der Waals surface area contributed by atoms with Crippen molar-refractivity contribution in [2.75, 3.05) is 17.4 Å². The number of aryl methyl sites for hydroxylation is 1. The lowest BCUT2D eigenvalue weighted by Gasteiger charge is -2.12. The first-order valence-corrected chi connectivity index (χ1v) is 9.15. The fourth-order valence-corrected chi connectivity index (χ4v) is 4.90. The van der Waals surface area contributed by atoms with Gasteiger partial charge in [-0.25, -0.2) is 13.4 Å². The second-order valence-corrected chi connectivity index (χ2v) is 7.94. The summed E-state index contributed by atoms with van der Waals surface area (Å²) in [6.07, 6.45) is 1.45. The molecule has 1 unspecified atom stereocenters. The van der Waals surface area contributed by atoms with Crippen molar-refractivity contribution in [1.82, 2.24) is 9.55 Å². The molecule has 1 aliphatic heterocycles. The van der Waals surface area contributed by atoms with Gasteiger partial charge in [-0.1, -0.05) is 12.1 Å². The van der Waals surface area contributed by atoms with Crippen LogP contribution >= 0.6 is 11.6 Å². The lowest BCUT2D eigenvalue weighted by Crippen LogP contribution is -2.15. The molecular weight excluding hydrogens is 296 g/mol. The molecule has 0 spiro atoms. The Morgan fingerprint density at radius 1 is 1.35 bits per heavy atom. The highest BCUT2D eigenvalue weighted by atomic mass is 35.5. The summed E-state index contributed by atoms with van der Waals surface area (Å²) in [5, 5.41) is 0. The molecule has 4 nitrogen and oxygen atoms in total. The van der Waals surface area contributed by atoms with Crippen LogP contribution in [0.25, 0.3) is 11.0 Å². The fraction of sp³-hybridized carbons (Fsp3) is 0.500. The predicted octanol–water partition coefficient (Wildman–Crippen LogP) is 2.25. The number of sulfone groups is 1. The highest BCUT2D eigenvalue weighted by molar-refractivity contribution is 7.91. The van der Waals surface area contributed by atoms with E-state index < -0.39 is 9.84 Å². The fourth-order valence-electron chi connectivity index (χ4n) is 2.88. The van der Waals surface area contributed by atoms with E-state index in [1.165, 1.54) is 0 Å². The van der Waals surface area contributed by atoms with Crippen molar-refractivity contribution >= 4 is 32.5 Å². The Kier molecular flexibility index (Phi) is 3.73. The lowest BCUT2D eigenvalue weighted by molar-refractivity contribution is 0.488. The van der Waals surface area contributed by atoms with Crippen LogP contribution in [0.5, 0.6) is 0 Å². The van der Waals surface area contributed by atoms with E-state index in [4.69, 9.17) is 11.6 Å². The zero-order valence-corrected chi connectivity index (χ0v) is 12.7. The van der Waals surface area contributed by atoms with Crippen molar-refractivity contribution in [3.05, 3.63) is 30.1 Å². The molecule has 3 rings (SSSR count). The van der Waals surface area contributed by atoms with E-state index in [1.807, 2.05) is 24.3 Å². The van der Waals surface area contributed by atoms with E-state index in [0.29, 0.717) is 30.4 Å². The van der Waals surface area contributed by atoms with Gasteiger partial charge in [0.15, 0.2) is 9.84 Å². The molecule has 0 bridgehead atoms. The average molecular weight is 313 g/mol. The number of alkyl halides is 1. The Hall–Kier alpha value is -1.07. The van der Waals surface area contributed by atoms with E-state index in [9.17, 15) is 8.42 Å². The van der Waals surface area contributed by atoms with Gasteiger partial charge in [0, 0.05) is 18.8 Å². The maximum absolute atomic E-state index is 11.6. The molecular formula is C14H17ClN2O2S. The van der Waals surface area contributed by atoms with Crippen LogP contribution in [0.15, 0.2) is 24.3 Å². The van der Waals surface area contributed by atoms with E-state index in [-0.39, 0.29) is 5.92 Å². The van der Waals surface area contributed by atoms with E-state index >= 15 is 0 Å². The molecule has 1 atom stereocenters. The van der Waals surface area contributed by atoms with Crippen LogP contribution in [0.1, 0.15) is 12.2 Å². The van der Waals surface area contributed by atoms with Gasteiger partial charge in [0.25, 0.3) is 0 Å². The van der Waals surface area contributed by atoms with Crippen LogP contribution in [0.4, 0.5) is 0 Å². The number of hydrogen-bond acceptors (Lipinski definition) is 3. The molecule has 1 fully saturated rings. The summed E-state index contributed by atoms with van der Waals surface area (Å²) in [7, 11) is -2.84. The molecule has 1 saturated heterocycles. The first-order chi connectivity index (χ1) is 9.59. The number of rotatable bonds is 4. The number of para-hydroxylation sites is 2. The van der Waals surface area contributed by atoms with Crippen molar-refractivity contribution in [2.45, 2.75) is 19.4 Å². The molecule has 2 aromatic rings. The number of halogens is 1. The number of fused-ring (bicyclic) bond motifs is 1. The minimum absolute atomic E-state index is 0.187. The normalized spacial score (nSPS) is 21.6. The second kappa shape index (κ2) is 5.37. The lowest BCUT2D eigenvalue weighted by atomic mass is 10.1. The minimum Gasteiger partial charge on any atom is -0.328 e. The summed E-state index contributed by atoms with van der Waals surface area (Å²) >= 11 is 5.85. The number of imidazole rings is 1. The van der Waals surface area contributed by atoms with Gasteiger partial charge < -0.3 is 4.57 Å². The topological polar surface area (TPSA) is 52.0 Å². The van der Waals surface area contributed by atoms with Crippen LogP contribution in [0.2, 0.25) is 0 Å². The van der Waals surface area contributed by atoms with Gasteiger partial charge >= 0.3 is 0 Å². The van der Waals surface area contributed by atoms with Gasteiger partial charge in [-0.05, 0) is 24.5 Å². The standard InChI is InChI=1S/C14H17ClN2O2S/c15-7-5-14-16-12-3-1-2-4-13(12)17(14)9-11-6-8-20(18,19)10-11/h1-4,11H,5-10H2. The smallest absolute Gasteiger partial charge is 0.150 e. The zero-order valence-electron chi connectivity index (χ0n) is 11.1. The number of hydrogen-bond donors (Lipinski definition) is 0. The van der Waals surface area contributed by atoms with Crippen LogP contribution in [0.3, 0.4) is 0 Å². The van der Waals surface area contributed by atoms with Gasteiger partial charge in [-0.2, -0.15) is 0 Å². The van der Waals surface area contributed by atoms with Crippen molar-refractivity contribution in [3.63, 3.8) is 0 Å². The zero-order chi connectivity index (χ0) is 14.2. The molecule has 0 aliphatic carbocycles. The molecule has 0 radical (unpaired) electrons. The molecule has 6 heteroatoms. The third kappa shape index (κ3) is 2.69. The average Bonchev–Trinajstić information content (AvgIpc) is 2.92. The van der Waals surface area contributed by atoms with E-state index in [2.05, 4.69) is 9.55 Å². The Bertz CT molecular complexity index is 724. The summed E-state index contributed by atoms with van der Waals surface area (Å²) in [4.78, 5) is 4.61. The quantitative estimate of drug-likeness (QED) is 0.814. The maximum atomic E-state index is 11.6. The van der Waals surface area contributed by atoms with Gasteiger partial charge in [0.2, 0.25) is 0 Å². The van der Waals surface area contributed by atoms with Crippen molar-refractivity contribution < 1.29 is 8.42 Å². The van der Waals surface area contributed by atoms with Gasteiger partial charge in [0.05, 0.1) is 22.5 Å². The molecule has 0 saturated carbocycles. The molecule has 1 aliphatic rings. The molecule has 2 heterocycles. The minimum atomic E-state index is -2.84. The van der Waals surface area contributed by atoms with Crippen molar-refractivity contribution in [2.24, 2.45) is 5.92 Å². The third-order valence-corrected chi connectivity index (χ3v) is 5.85. The third-order valence-electron chi connectivity index (χ3n) is 3.82. The first kappa shape index (κ1) is 13.9. The molecule has 1 aromatic carbocycles. The largest absolute Gasteiger partial charge is 0.328 e. The summed E-state index contributed by atoms with van der Waals surface area (Å²) in [5.41, 5.74) is 2.02. The number of nitrogens with zero attached hydrogens (tertiary/aromatic N) is 2. The second-order valence-electron chi connectivity index (χ2n) is 5.34. The van der Waals surface area contributed by atoms with Crippen LogP contribution in [-0.4, -0.2) is 35.4 Å². The van der Waals surface area contributed by atoms with Crippen LogP contribution in [0, 0.1) is 5.92 Å². The monoisotopic (exact) mass is 312 g/mol. The Morgan fingerprint density at radius 3 is 2.85 bits per heavy atom. The molecule has 1 aromatic heterocycles. The summed E-state index contributed by atoms with van der Waals surface area (Å²) in [6.45, 7) is 0.714. The van der Waals surface area contributed by atoms with Crippen molar-refractivity contribution in [3.8, 4) is 0 Å². The highest BCUT2D eigenvalue weighted by Crippen LogP contribution is 2.24. The first-order valence-electron chi connectivity index (χ1n) is 6.79. The molecule has 0 N–H and O–H groups in total. The Labute approximate surface area is 123 Å². The Balaban J connectivity index is 1.95. The number of aromatic nitrogens is 2. The van der Waals surface area contributed by atoms with Crippen LogP contribution in [-0.2, 0) is 22.8 Å². The van der Waals surface area contributed by atoms with Gasteiger partial charge in [0.1, 0.15) is 5.82 Å². The summed E-state index contributed by atoms with van der Waals surface area (Å²) in [6, 6.07) is 7.96. The number of benzene rings is 1. The van der Waals surface area contributed by atoms with E-state index in [0.717, 1.165) is 23.3 Å². The molecule has 0 amide bonds. The van der Waals surface area contributed by atoms with Crippen molar-refractivity contribution in [1.29, 1.82) is 0 Å². The Morgan fingerprint density at radius 2 is 2.15 bits per heavy atom. The highest BCUT2D eigenvalue weighted by Gasteiger charge is 2.28. The SMILES string of the molecule is O=S1(=O)CCC(Cn2c(CCCl)nc3ccccc32)C1. The summed E-state index contributed by atoms with van der Waals surface area (Å²) in [5.74, 6) is 2.26.